The second-order valence-electron chi connectivity index (χ2n) is 5.05. The van der Waals surface area contributed by atoms with Crippen LogP contribution in [0.4, 0.5) is 0 Å². The molecule has 0 aromatic heterocycles. The van der Waals surface area contributed by atoms with Gasteiger partial charge in [-0.25, -0.2) is 5.01 Å². The largest absolute Gasteiger partial charge is 0.492 e. The van der Waals surface area contributed by atoms with Crippen LogP contribution in [0.15, 0.2) is 28.7 Å². The minimum atomic E-state index is 0.633. The van der Waals surface area contributed by atoms with Crippen molar-refractivity contribution in [3.05, 3.63) is 28.7 Å². The van der Waals surface area contributed by atoms with Crippen LogP contribution in [0.25, 0.3) is 0 Å². The maximum atomic E-state index is 5.77. The van der Waals surface area contributed by atoms with Gasteiger partial charge in [0, 0.05) is 30.1 Å². The van der Waals surface area contributed by atoms with Crippen LogP contribution in [0.3, 0.4) is 0 Å². The van der Waals surface area contributed by atoms with E-state index in [-0.39, 0.29) is 0 Å². The number of nitrogens with two attached hydrogens (primary N) is 1. The molecule has 19 heavy (non-hydrogen) atoms. The quantitative estimate of drug-likeness (QED) is 0.841. The predicted octanol–water partition coefficient (Wildman–Crippen LogP) is 2.10. The highest BCUT2D eigenvalue weighted by molar-refractivity contribution is 9.10. The Bertz CT molecular complexity index is 377. The smallest absolute Gasteiger partial charge is 0.119 e. The molecule has 106 valence electrons. The molecular weight excluding hydrogens is 306 g/mol. The Morgan fingerprint density at radius 3 is 2.58 bits per heavy atom. The van der Waals surface area contributed by atoms with Crippen LogP contribution in [0.5, 0.6) is 5.75 Å². The van der Waals surface area contributed by atoms with Gasteiger partial charge in [-0.3, -0.25) is 10.7 Å². The van der Waals surface area contributed by atoms with Crippen LogP contribution >= 0.6 is 15.9 Å². The molecule has 0 aliphatic carbocycles. The van der Waals surface area contributed by atoms with Gasteiger partial charge in [-0.05, 0) is 44.2 Å². The number of halogens is 1. The zero-order chi connectivity index (χ0) is 13.7. The molecule has 1 fully saturated rings. The van der Waals surface area contributed by atoms with Gasteiger partial charge >= 0.3 is 0 Å². The normalized spacial score (nSPS) is 17.9. The first-order chi connectivity index (χ1) is 9.15. The van der Waals surface area contributed by atoms with Crippen molar-refractivity contribution < 1.29 is 4.74 Å². The molecule has 1 saturated heterocycles. The number of hydrogen-bond donors (Lipinski definition) is 1. The molecule has 1 aromatic carbocycles. The molecular formula is C14H22BrN3O. The van der Waals surface area contributed by atoms with Crippen LogP contribution in [0.2, 0.25) is 0 Å². The molecule has 0 atom stereocenters. The van der Waals surface area contributed by atoms with Crippen molar-refractivity contribution in [2.24, 2.45) is 5.84 Å². The summed E-state index contributed by atoms with van der Waals surface area (Å²) in [6, 6.07) is 8.59. The first-order valence-electron chi connectivity index (χ1n) is 6.73. The molecule has 4 nitrogen and oxygen atoms in total. The summed E-state index contributed by atoms with van der Waals surface area (Å²) < 4.78 is 6.82. The Labute approximate surface area is 123 Å². The molecule has 1 aliphatic heterocycles. The van der Waals surface area contributed by atoms with Crippen LogP contribution < -0.4 is 10.6 Å². The van der Waals surface area contributed by atoms with E-state index in [2.05, 4.69) is 27.9 Å². The van der Waals surface area contributed by atoms with Gasteiger partial charge in [-0.15, -0.1) is 0 Å². The van der Waals surface area contributed by atoms with Gasteiger partial charge in [0.1, 0.15) is 12.4 Å². The minimum absolute atomic E-state index is 0.633. The summed E-state index contributed by atoms with van der Waals surface area (Å²) in [5.74, 6) is 6.70. The van der Waals surface area contributed by atoms with Gasteiger partial charge in [-0.2, -0.15) is 0 Å². The fourth-order valence-corrected chi connectivity index (χ4v) is 2.61. The van der Waals surface area contributed by atoms with E-state index in [1.165, 1.54) is 0 Å². The second kappa shape index (κ2) is 7.24. The Hall–Kier alpha value is -0.620. The summed E-state index contributed by atoms with van der Waals surface area (Å²) in [5, 5.41) is 1.91. The average Bonchev–Trinajstić information content (AvgIpc) is 2.41. The number of nitrogens with zero attached hydrogens (tertiary/aromatic N) is 2. The Kier molecular flexibility index (Phi) is 5.63. The molecule has 5 heteroatoms. The molecule has 0 saturated carbocycles. The van der Waals surface area contributed by atoms with Crippen LogP contribution in [-0.2, 0) is 0 Å². The fourth-order valence-electron chi connectivity index (χ4n) is 2.35. The van der Waals surface area contributed by atoms with E-state index in [1.807, 2.05) is 29.3 Å². The van der Waals surface area contributed by atoms with Gasteiger partial charge in [0.2, 0.25) is 0 Å². The average molecular weight is 328 g/mol. The van der Waals surface area contributed by atoms with Crippen molar-refractivity contribution in [2.45, 2.75) is 18.9 Å². The van der Waals surface area contributed by atoms with Crippen molar-refractivity contribution in [2.75, 3.05) is 33.3 Å². The Morgan fingerprint density at radius 1 is 1.32 bits per heavy atom. The first-order valence-corrected chi connectivity index (χ1v) is 7.52. The number of ether oxygens (including phenoxy) is 1. The van der Waals surface area contributed by atoms with Crippen molar-refractivity contribution in [3.63, 3.8) is 0 Å². The lowest BCUT2D eigenvalue weighted by Gasteiger charge is -2.34. The number of piperidine rings is 1. The molecule has 2 N–H and O–H groups in total. The van der Waals surface area contributed by atoms with Gasteiger partial charge in [0.05, 0.1) is 0 Å². The third-order valence-corrected chi connectivity index (χ3v) is 4.18. The number of hydrogen-bond acceptors (Lipinski definition) is 4. The molecule has 0 unspecified atom stereocenters. The minimum Gasteiger partial charge on any atom is -0.492 e. The summed E-state index contributed by atoms with van der Waals surface area (Å²) in [5.41, 5.74) is 0. The van der Waals surface area contributed by atoms with Gasteiger partial charge < -0.3 is 4.74 Å². The lowest BCUT2D eigenvalue weighted by Crippen LogP contribution is -2.46. The van der Waals surface area contributed by atoms with E-state index in [9.17, 15) is 0 Å². The van der Waals surface area contributed by atoms with E-state index >= 15 is 0 Å². The summed E-state index contributed by atoms with van der Waals surface area (Å²) in [7, 11) is 2.17. The molecule has 0 spiro atoms. The van der Waals surface area contributed by atoms with Gasteiger partial charge in [0.15, 0.2) is 0 Å². The number of rotatable bonds is 5. The van der Waals surface area contributed by atoms with Crippen molar-refractivity contribution >= 4 is 15.9 Å². The lowest BCUT2D eigenvalue weighted by atomic mass is 10.1. The standard InChI is InChI=1S/C14H22BrN3O/c1-17(13-6-8-18(16)9-7-13)10-11-19-14-4-2-12(15)3-5-14/h2-5,13H,6-11,16H2,1H3. The van der Waals surface area contributed by atoms with E-state index in [0.29, 0.717) is 6.04 Å². The third kappa shape index (κ3) is 4.76. The zero-order valence-corrected chi connectivity index (χ0v) is 13.0. The van der Waals surface area contributed by atoms with Crippen LogP contribution in [0, 0.1) is 0 Å². The van der Waals surface area contributed by atoms with E-state index in [0.717, 1.165) is 49.3 Å². The highest BCUT2D eigenvalue weighted by Crippen LogP contribution is 2.16. The van der Waals surface area contributed by atoms with Crippen LogP contribution in [0.1, 0.15) is 12.8 Å². The number of likely N-dealkylation sites (N-methyl/N-ethyl adjacent to an activating group) is 1. The summed E-state index contributed by atoms with van der Waals surface area (Å²) >= 11 is 3.42. The molecule has 0 amide bonds. The third-order valence-electron chi connectivity index (χ3n) is 3.65. The zero-order valence-electron chi connectivity index (χ0n) is 11.4. The molecule has 1 aromatic rings. The van der Waals surface area contributed by atoms with Crippen molar-refractivity contribution in [3.8, 4) is 5.75 Å². The summed E-state index contributed by atoms with van der Waals surface area (Å²) in [6.45, 7) is 3.65. The molecule has 2 rings (SSSR count). The second-order valence-corrected chi connectivity index (χ2v) is 5.97. The number of benzene rings is 1. The highest BCUT2D eigenvalue weighted by Gasteiger charge is 2.20. The lowest BCUT2D eigenvalue weighted by molar-refractivity contribution is 0.115. The topological polar surface area (TPSA) is 41.7 Å². The monoisotopic (exact) mass is 327 g/mol. The molecule has 0 radical (unpaired) electrons. The summed E-state index contributed by atoms with van der Waals surface area (Å²) in [4.78, 5) is 2.38. The Balaban J connectivity index is 1.69. The van der Waals surface area contributed by atoms with E-state index < -0.39 is 0 Å². The van der Waals surface area contributed by atoms with E-state index in [4.69, 9.17) is 10.6 Å². The molecule has 1 heterocycles. The SMILES string of the molecule is CN(CCOc1ccc(Br)cc1)C1CCN(N)CC1. The molecule has 0 bridgehead atoms. The van der Waals surface area contributed by atoms with Gasteiger partial charge in [-0.1, -0.05) is 15.9 Å². The van der Waals surface area contributed by atoms with Crippen molar-refractivity contribution in [1.82, 2.24) is 9.91 Å². The predicted molar refractivity (Wildman–Crippen MR) is 81.0 cm³/mol. The highest BCUT2D eigenvalue weighted by atomic mass is 79.9. The van der Waals surface area contributed by atoms with Gasteiger partial charge in [0.25, 0.3) is 0 Å². The molecule has 1 aliphatic rings. The first kappa shape index (κ1) is 14.8. The van der Waals surface area contributed by atoms with Crippen LogP contribution in [-0.4, -0.2) is 49.2 Å². The summed E-state index contributed by atoms with van der Waals surface area (Å²) in [6.07, 6.45) is 2.29. The maximum absolute atomic E-state index is 5.77. The maximum Gasteiger partial charge on any atom is 0.119 e. The Morgan fingerprint density at radius 2 is 1.95 bits per heavy atom. The number of hydrazine groups is 1. The van der Waals surface area contributed by atoms with Crippen molar-refractivity contribution in [1.29, 1.82) is 0 Å². The fraction of sp³-hybridized carbons (Fsp3) is 0.571. The van der Waals surface area contributed by atoms with E-state index in [1.54, 1.807) is 0 Å².